The van der Waals surface area contributed by atoms with Crippen molar-refractivity contribution in [3.8, 4) is 0 Å². The SMILES string of the molecule is CN(CCN(C)C(=O)CCC(=O)O)C(=O)CCC(=O)O. The van der Waals surface area contributed by atoms with Crippen LogP contribution < -0.4 is 0 Å². The number of carboxylic acids is 2. The highest BCUT2D eigenvalue weighted by Gasteiger charge is 2.14. The highest BCUT2D eigenvalue weighted by molar-refractivity contribution is 5.81. The lowest BCUT2D eigenvalue weighted by molar-refractivity contribution is -0.141. The lowest BCUT2D eigenvalue weighted by atomic mass is 10.2. The third-order valence-corrected chi connectivity index (χ3v) is 2.73. The van der Waals surface area contributed by atoms with Crippen molar-refractivity contribution >= 4 is 23.8 Å². The van der Waals surface area contributed by atoms with Gasteiger partial charge >= 0.3 is 11.9 Å². The summed E-state index contributed by atoms with van der Waals surface area (Å²) in [5, 5.41) is 16.9. The second kappa shape index (κ2) is 8.89. The molecule has 0 atom stereocenters. The lowest BCUT2D eigenvalue weighted by Gasteiger charge is -2.22. The van der Waals surface area contributed by atoms with E-state index in [1.54, 1.807) is 0 Å². The summed E-state index contributed by atoms with van der Waals surface area (Å²) in [7, 11) is 3.06. The number of carbonyl (C=O) groups is 4. The van der Waals surface area contributed by atoms with Crippen LogP contribution in [0.15, 0.2) is 0 Å². The second-order valence-electron chi connectivity index (χ2n) is 4.42. The van der Waals surface area contributed by atoms with Crippen molar-refractivity contribution in [3.05, 3.63) is 0 Å². The van der Waals surface area contributed by atoms with E-state index in [9.17, 15) is 19.2 Å². The summed E-state index contributed by atoms with van der Waals surface area (Å²) in [5.74, 6) is -2.68. The molecule has 0 rings (SSSR count). The van der Waals surface area contributed by atoms with E-state index in [4.69, 9.17) is 10.2 Å². The topological polar surface area (TPSA) is 115 Å². The Morgan fingerprint density at radius 2 is 1.00 bits per heavy atom. The summed E-state index contributed by atoms with van der Waals surface area (Å²) in [5.41, 5.74) is 0. The van der Waals surface area contributed by atoms with Crippen molar-refractivity contribution < 1.29 is 29.4 Å². The average molecular weight is 288 g/mol. The van der Waals surface area contributed by atoms with Crippen molar-refractivity contribution in [3.63, 3.8) is 0 Å². The highest BCUT2D eigenvalue weighted by Crippen LogP contribution is 1.99. The zero-order valence-electron chi connectivity index (χ0n) is 11.7. The molecule has 20 heavy (non-hydrogen) atoms. The van der Waals surface area contributed by atoms with Crippen LogP contribution in [-0.2, 0) is 19.2 Å². The van der Waals surface area contributed by atoms with Crippen LogP contribution in [0.4, 0.5) is 0 Å². The number of nitrogens with zero attached hydrogens (tertiary/aromatic N) is 2. The molecule has 8 heteroatoms. The van der Waals surface area contributed by atoms with Gasteiger partial charge in [-0.3, -0.25) is 19.2 Å². The molecule has 0 radical (unpaired) electrons. The molecule has 0 bridgehead atoms. The van der Waals surface area contributed by atoms with Crippen LogP contribution in [0.3, 0.4) is 0 Å². The van der Waals surface area contributed by atoms with E-state index >= 15 is 0 Å². The first-order valence-electron chi connectivity index (χ1n) is 6.15. The van der Waals surface area contributed by atoms with Gasteiger partial charge < -0.3 is 20.0 Å². The Labute approximate surface area is 117 Å². The largest absolute Gasteiger partial charge is 0.481 e. The highest BCUT2D eigenvalue weighted by atomic mass is 16.4. The molecule has 0 aliphatic rings. The molecule has 114 valence electrons. The Kier molecular flexibility index (Phi) is 7.95. The van der Waals surface area contributed by atoms with Crippen LogP contribution in [0, 0.1) is 0 Å². The molecule has 0 unspecified atom stereocenters. The first-order valence-corrected chi connectivity index (χ1v) is 6.15. The Morgan fingerprint density at radius 3 is 1.25 bits per heavy atom. The van der Waals surface area contributed by atoms with Gasteiger partial charge in [0, 0.05) is 40.0 Å². The second-order valence-corrected chi connectivity index (χ2v) is 4.42. The molecule has 0 aliphatic carbocycles. The molecule has 2 N–H and O–H groups in total. The van der Waals surface area contributed by atoms with Gasteiger partial charge in [-0.05, 0) is 0 Å². The maximum absolute atomic E-state index is 11.5. The van der Waals surface area contributed by atoms with Crippen molar-refractivity contribution in [2.24, 2.45) is 0 Å². The van der Waals surface area contributed by atoms with Gasteiger partial charge in [0.05, 0.1) is 12.8 Å². The van der Waals surface area contributed by atoms with Gasteiger partial charge in [-0.15, -0.1) is 0 Å². The van der Waals surface area contributed by atoms with Gasteiger partial charge in [-0.1, -0.05) is 0 Å². The minimum absolute atomic E-state index is 0.0808. The molecular formula is C12H20N2O6. The molecule has 0 aromatic carbocycles. The average Bonchev–Trinajstić information content (AvgIpc) is 2.38. The van der Waals surface area contributed by atoms with E-state index in [2.05, 4.69) is 0 Å². The summed E-state index contributed by atoms with van der Waals surface area (Å²) < 4.78 is 0. The fraction of sp³-hybridized carbons (Fsp3) is 0.667. The van der Waals surface area contributed by atoms with E-state index < -0.39 is 11.9 Å². The zero-order valence-corrected chi connectivity index (χ0v) is 11.7. The lowest BCUT2D eigenvalue weighted by Crippen LogP contribution is -2.37. The summed E-state index contributed by atoms with van der Waals surface area (Å²) in [4.78, 5) is 46.4. The molecule has 0 saturated carbocycles. The van der Waals surface area contributed by atoms with Crippen LogP contribution in [0.1, 0.15) is 25.7 Å². The number of amides is 2. The first kappa shape index (κ1) is 17.9. The molecule has 0 saturated heterocycles. The molecular weight excluding hydrogens is 268 g/mol. The fourth-order valence-electron chi connectivity index (χ4n) is 1.36. The Hall–Kier alpha value is -2.12. The summed E-state index contributed by atoms with van der Waals surface area (Å²) in [6.45, 7) is 0.543. The molecule has 0 aromatic heterocycles. The van der Waals surface area contributed by atoms with Crippen LogP contribution >= 0.6 is 0 Å². The van der Waals surface area contributed by atoms with Gasteiger partial charge in [-0.2, -0.15) is 0 Å². The van der Waals surface area contributed by atoms with Crippen molar-refractivity contribution in [2.75, 3.05) is 27.2 Å². The Bertz CT molecular complexity index is 346. The third kappa shape index (κ3) is 8.06. The summed E-state index contributed by atoms with van der Waals surface area (Å²) in [6, 6.07) is 0. The zero-order chi connectivity index (χ0) is 15.7. The predicted molar refractivity (Wildman–Crippen MR) is 69.0 cm³/mol. The molecule has 0 heterocycles. The molecule has 8 nitrogen and oxygen atoms in total. The molecule has 0 spiro atoms. The minimum Gasteiger partial charge on any atom is -0.481 e. The van der Waals surface area contributed by atoms with Crippen molar-refractivity contribution in [1.29, 1.82) is 0 Å². The van der Waals surface area contributed by atoms with E-state index in [1.165, 1.54) is 23.9 Å². The third-order valence-electron chi connectivity index (χ3n) is 2.73. The maximum atomic E-state index is 11.5. The molecule has 0 fully saturated rings. The normalized spacial score (nSPS) is 9.90. The quantitative estimate of drug-likeness (QED) is 0.598. The van der Waals surface area contributed by atoms with Gasteiger partial charge in [0.1, 0.15) is 0 Å². The van der Waals surface area contributed by atoms with Gasteiger partial charge in [0.2, 0.25) is 11.8 Å². The summed E-state index contributed by atoms with van der Waals surface area (Å²) in [6.07, 6.45) is -0.613. The van der Waals surface area contributed by atoms with Crippen LogP contribution in [0.2, 0.25) is 0 Å². The predicted octanol–water partition coefficient (Wildman–Crippen LogP) is -0.367. The molecule has 2 amide bonds. The number of aliphatic carboxylic acids is 2. The van der Waals surface area contributed by atoms with Crippen LogP contribution in [-0.4, -0.2) is 71.0 Å². The Balaban J connectivity index is 4.00. The van der Waals surface area contributed by atoms with Crippen molar-refractivity contribution in [1.82, 2.24) is 9.80 Å². The number of hydrogen-bond acceptors (Lipinski definition) is 4. The fourth-order valence-corrected chi connectivity index (χ4v) is 1.36. The Morgan fingerprint density at radius 1 is 0.700 bits per heavy atom. The van der Waals surface area contributed by atoms with Gasteiger partial charge in [0.25, 0.3) is 0 Å². The van der Waals surface area contributed by atoms with E-state index in [0.717, 1.165) is 0 Å². The number of hydrogen-bond donors (Lipinski definition) is 2. The van der Waals surface area contributed by atoms with Gasteiger partial charge in [0.15, 0.2) is 0 Å². The first-order chi connectivity index (χ1) is 9.23. The van der Waals surface area contributed by atoms with Gasteiger partial charge in [-0.25, -0.2) is 0 Å². The van der Waals surface area contributed by atoms with Crippen LogP contribution in [0.5, 0.6) is 0 Å². The molecule has 0 aliphatic heterocycles. The standard InChI is InChI=1S/C12H20N2O6/c1-13(9(15)3-5-11(17)18)7-8-14(2)10(16)4-6-12(19)20/h3-8H2,1-2H3,(H,17,18)(H,19,20). The number of carbonyl (C=O) groups excluding carboxylic acids is 2. The van der Waals surface area contributed by atoms with Crippen molar-refractivity contribution in [2.45, 2.75) is 25.7 Å². The van der Waals surface area contributed by atoms with Crippen LogP contribution in [0.25, 0.3) is 0 Å². The number of rotatable bonds is 9. The maximum Gasteiger partial charge on any atom is 0.303 e. The molecule has 0 aromatic rings. The summed E-state index contributed by atoms with van der Waals surface area (Å²) >= 11 is 0. The smallest absolute Gasteiger partial charge is 0.303 e. The van der Waals surface area contributed by atoms with E-state index in [1.807, 2.05) is 0 Å². The number of likely N-dealkylation sites (N-methyl/N-ethyl adjacent to an activating group) is 2. The monoisotopic (exact) mass is 288 g/mol. The number of carboxylic acid groups (broad SMARTS) is 2. The minimum atomic E-state index is -1.03. The van der Waals surface area contributed by atoms with E-state index in [0.29, 0.717) is 0 Å². The van der Waals surface area contributed by atoms with E-state index in [-0.39, 0.29) is 50.6 Å².